The lowest BCUT2D eigenvalue weighted by Crippen LogP contribution is -2.06. The normalized spacial score (nSPS) is 15.1. The maximum Gasteiger partial charge on any atom is 0.363 e. The lowest BCUT2D eigenvalue weighted by molar-refractivity contribution is -0.130. The van der Waals surface area contributed by atoms with Crippen molar-refractivity contribution in [2.24, 2.45) is 4.99 Å². The molecule has 5 nitrogen and oxygen atoms in total. The van der Waals surface area contributed by atoms with Crippen LogP contribution in [0, 0.1) is 6.92 Å². The number of carbonyl (C=O) groups excluding carboxylic acids is 1. The van der Waals surface area contributed by atoms with Crippen LogP contribution >= 0.6 is 0 Å². The number of hydrogen-bond acceptors (Lipinski definition) is 5. The largest absolute Gasteiger partial charge is 0.497 e. The molecule has 3 rings (SSSR count). The van der Waals surface area contributed by atoms with Crippen LogP contribution in [0.5, 0.6) is 11.5 Å². The van der Waals surface area contributed by atoms with E-state index in [1.807, 2.05) is 49.4 Å². The average molecular weight is 337 g/mol. The number of benzene rings is 2. The van der Waals surface area contributed by atoms with E-state index in [1.54, 1.807) is 20.3 Å². The van der Waals surface area contributed by atoms with E-state index in [1.165, 1.54) is 0 Å². The second kappa shape index (κ2) is 7.21. The number of methoxy groups -OCH3 is 2. The number of rotatable bonds is 5. The van der Waals surface area contributed by atoms with Gasteiger partial charge in [0, 0.05) is 12.0 Å². The molecule has 0 amide bonds. The molecule has 25 heavy (non-hydrogen) atoms. The van der Waals surface area contributed by atoms with Gasteiger partial charge < -0.3 is 14.2 Å². The molecule has 1 aliphatic heterocycles. The van der Waals surface area contributed by atoms with Gasteiger partial charge in [-0.3, -0.25) is 0 Å². The Balaban J connectivity index is 1.83. The highest BCUT2D eigenvalue weighted by atomic mass is 16.6. The van der Waals surface area contributed by atoms with Gasteiger partial charge in [0.25, 0.3) is 0 Å². The Morgan fingerprint density at radius 3 is 2.52 bits per heavy atom. The summed E-state index contributed by atoms with van der Waals surface area (Å²) in [6.45, 7) is 1.98. The molecule has 0 bridgehead atoms. The minimum absolute atomic E-state index is 0.271. The second-order valence-corrected chi connectivity index (χ2v) is 5.69. The van der Waals surface area contributed by atoms with Gasteiger partial charge in [-0.05, 0) is 42.8 Å². The second-order valence-electron chi connectivity index (χ2n) is 5.69. The third-order valence-corrected chi connectivity index (χ3v) is 3.86. The summed E-state index contributed by atoms with van der Waals surface area (Å²) in [5.41, 5.74) is 3.12. The summed E-state index contributed by atoms with van der Waals surface area (Å²) in [5, 5.41) is 0. The summed E-state index contributed by atoms with van der Waals surface area (Å²) in [6, 6.07) is 13.3. The fraction of sp³-hybridized carbons (Fsp3) is 0.200. The van der Waals surface area contributed by atoms with Crippen LogP contribution in [0.2, 0.25) is 0 Å². The van der Waals surface area contributed by atoms with Crippen LogP contribution in [0.25, 0.3) is 6.08 Å². The Morgan fingerprint density at radius 2 is 1.84 bits per heavy atom. The van der Waals surface area contributed by atoms with E-state index in [4.69, 9.17) is 14.2 Å². The van der Waals surface area contributed by atoms with Crippen molar-refractivity contribution in [2.45, 2.75) is 13.3 Å². The Bertz CT molecular complexity index is 850. The van der Waals surface area contributed by atoms with E-state index in [9.17, 15) is 4.79 Å². The van der Waals surface area contributed by atoms with Crippen LogP contribution in [0.3, 0.4) is 0 Å². The molecule has 0 spiro atoms. The summed E-state index contributed by atoms with van der Waals surface area (Å²) in [4.78, 5) is 16.4. The highest BCUT2D eigenvalue weighted by molar-refractivity contribution is 6.07. The standard InChI is InChI=1S/C20H19NO4/c1-13-4-9-18(24-3)15(10-13)12-17-20(22)25-19(21-17)11-14-5-7-16(23-2)8-6-14/h4-10,12H,11H2,1-3H3/b17-12+. The summed E-state index contributed by atoms with van der Waals surface area (Å²) in [6.07, 6.45) is 2.13. The Morgan fingerprint density at radius 1 is 1.08 bits per heavy atom. The molecule has 0 aromatic heterocycles. The first-order valence-corrected chi connectivity index (χ1v) is 7.88. The van der Waals surface area contributed by atoms with Crippen molar-refractivity contribution in [1.82, 2.24) is 0 Å². The highest BCUT2D eigenvalue weighted by Crippen LogP contribution is 2.25. The zero-order chi connectivity index (χ0) is 17.8. The molecule has 1 aliphatic rings. The van der Waals surface area contributed by atoms with Crippen LogP contribution < -0.4 is 9.47 Å². The Labute approximate surface area is 146 Å². The third kappa shape index (κ3) is 3.88. The van der Waals surface area contributed by atoms with Crippen molar-refractivity contribution in [1.29, 1.82) is 0 Å². The number of aliphatic imine (C=N–C) groups is 1. The van der Waals surface area contributed by atoms with E-state index in [-0.39, 0.29) is 5.70 Å². The number of nitrogens with zero attached hydrogens (tertiary/aromatic N) is 1. The van der Waals surface area contributed by atoms with Gasteiger partial charge in [0.2, 0.25) is 5.90 Å². The maximum atomic E-state index is 12.1. The van der Waals surface area contributed by atoms with Gasteiger partial charge in [0.15, 0.2) is 5.70 Å². The lowest BCUT2D eigenvalue weighted by Gasteiger charge is -2.05. The van der Waals surface area contributed by atoms with E-state index in [2.05, 4.69) is 4.99 Å². The number of hydrogen-bond donors (Lipinski definition) is 0. The van der Waals surface area contributed by atoms with Crippen LogP contribution in [-0.4, -0.2) is 26.1 Å². The quantitative estimate of drug-likeness (QED) is 0.618. The van der Waals surface area contributed by atoms with Gasteiger partial charge in [-0.25, -0.2) is 9.79 Å². The van der Waals surface area contributed by atoms with Gasteiger partial charge in [-0.1, -0.05) is 23.8 Å². The van der Waals surface area contributed by atoms with Crippen molar-refractivity contribution in [3.8, 4) is 11.5 Å². The van der Waals surface area contributed by atoms with Crippen LogP contribution in [-0.2, 0) is 16.0 Å². The maximum absolute atomic E-state index is 12.1. The summed E-state index contributed by atoms with van der Waals surface area (Å²) < 4.78 is 15.7. The molecule has 0 aliphatic carbocycles. The number of esters is 1. The van der Waals surface area contributed by atoms with Crippen molar-refractivity contribution >= 4 is 17.9 Å². The molecule has 1 heterocycles. The molecule has 0 N–H and O–H groups in total. The smallest absolute Gasteiger partial charge is 0.363 e. The van der Waals surface area contributed by atoms with E-state index < -0.39 is 5.97 Å². The predicted octanol–water partition coefficient (Wildman–Crippen LogP) is 3.55. The molecular formula is C20H19NO4. The number of cyclic esters (lactones) is 1. The van der Waals surface area contributed by atoms with Gasteiger partial charge in [0.05, 0.1) is 14.2 Å². The first-order chi connectivity index (χ1) is 12.1. The summed E-state index contributed by atoms with van der Waals surface area (Å²) >= 11 is 0. The van der Waals surface area contributed by atoms with E-state index in [0.29, 0.717) is 18.1 Å². The van der Waals surface area contributed by atoms with Gasteiger partial charge in [-0.15, -0.1) is 0 Å². The molecule has 2 aromatic carbocycles. The molecule has 128 valence electrons. The van der Waals surface area contributed by atoms with Crippen molar-refractivity contribution in [3.05, 3.63) is 64.9 Å². The molecular weight excluding hydrogens is 318 g/mol. The van der Waals surface area contributed by atoms with Crippen molar-refractivity contribution < 1.29 is 19.0 Å². The monoisotopic (exact) mass is 337 g/mol. The minimum atomic E-state index is -0.452. The Kier molecular flexibility index (Phi) is 4.84. The molecule has 0 saturated heterocycles. The molecule has 0 atom stereocenters. The zero-order valence-electron chi connectivity index (χ0n) is 14.4. The first-order valence-electron chi connectivity index (χ1n) is 7.88. The molecule has 0 unspecified atom stereocenters. The molecule has 0 saturated carbocycles. The number of aryl methyl sites for hydroxylation is 1. The number of carbonyl (C=O) groups is 1. The fourth-order valence-corrected chi connectivity index (χ4v) is 2.56. The average Bonchev–Trinajstić information content (AvgIpc) is 2.95. The van der Waals surface area contributed by atoms with Crippen LogP contribution in [0.4, 0.5) is 0 Å². The lowest BCUT2D eigenvalue weighted by atomic mass is 10.1. The van der Waals surface area contributed by atoms with Crippen LogP contribution in [0.15, 0.2) is 53.2 Å². The Hall–Kier alpha value is -3.08. The zero-order valence-corrected chi connectivity index (χ0v) is 14.4. The van der Waals surface area contributed by atoms with Crippen molar-refractivity contribution in [3.63, 3.8) is 0 Å². The van der Waals surface area contributed by atoms with Gasteiger partial charge >= 0.3 is 5.97 Å². The first kappa shape index (κ1) is 16.8. The molecule has 5 heteroatoms. The molecule has 0 radical (unpaired) electrons. The SMILES string of the molecule is COc1ccc(CC2=N/C(=C/c3cc(C)ccc3OC)C(=O)O2)cc1. The summed E-state index contributed by atoms with van der Waals surface area (Å²) in [7, 11) is 3.21. The van der Waals surface area contributed by atoms with Gasteiger partial charge in [0.1, 0.15) is 11.5 Å². The predicted molar refractivity (Wildman–Crippen MR) is 95.9 cm³/mol. The summed E-state index contributed by atoms with van der Waals surface area (Å²) in [5.74, 6) is 1.39. The topological polar surface area (TPSA) is 57.1 Å². The van der Waals surface area contributed by atoms with E-state index in [0.717, 1.165) is 22.4 Å². The van der Waals surface area contributed by atoms with Crippen molar-refractivity contribution in [2.75, 3.05) is 14.2 Å². The number of ether oxygens (including phenoxy) is 3. The van der Waals surface area contributed by atoms with E-state index >= 15 is 0 Å². The highest BCUT2D eigenvalue weighted by Gasteiger charge is 2.23. The molecule has 2 aromatic rings. The minimum Gasteiger partial charge on any atom is -0.497 e. The third-order valence-electron chi connectivity index (χ3n) is 3.86. The molecule has 0 fully saturated rings. The van der Waals surface area contributed by atoms with Gasteiger partial charge in [-0.2, -0.15) is 0 Å². The van der Waals surface area contributed by atoms with Crippen LogP contribution in [0.1, 0.15) is 16.7 Å². The fourth-order valence-electron chi connectivity index (χ4n) is 2.56.